The van der Waals surface area contributed by atoms with Gasteiger partial charge in [-0.15, -0.1) is 11.3 Å². The Morgan fingerprint density at radius 1 is 1.19 bits per heavy atom. The maximum absolute atomic E-state index is 16.4. The SMILES string of the molecule is CN(C)C1CC2(C1)CN(c1ncc3c4c(c(-c5ncc(F)c6sc(N)c(C#N)c56)c(F)c3n1)COC4)C2. The van der Waals surface area contributed by atoms with Gasteiger partial charge in [0.15, 0.2) is 11.6 Å². The predicted molar refractivity (Wildman–Crippen MR) is 137 cm³/mol. The van der Waals surface area contributed by atoms with Crippen molar-refractivity contribution in [2.24, 2.45) is 5.41 Å². The fraction of sp³-hybridized carbons (Fsp3) is 0.385. The number of pyridine rings is 1. The first-order valence-electron chi connectivity index (χ1n) is 12.1. The number of ether oxygens (including phenoxy) is 1. The lowest BCUT2D eigenvalue weighted by atomic mass is 9.60. The third-order valence-corrected chi connectivity index (χ3v) is 9.16. The van der Waals surface area contributed by atoms with Crippen LogP contribution in [-0.4, -0.2) is 53.1 Å². The molecule has 1 aliphatic carbocycles. The van der Waals surface area contributed by atoms with Gasteiger partial charge >= 0.3 is 0 Å². The molecule has 5 heterocycles. The summed E-state index contributed by atoms with van der Waals surface area (Å²) in [6, 6.07) is 2.64. The molecule has 37 heavy (non-hydrogen) atoms. The first-order chi connectivity index (χ1) is 17.8. The molecule has 188 valence electrons. The summed E-state index contributed by atoms with van der Waals surface area (Å²) in [6.45, 7) is 2.15. The van der Waals surface area contributed by atoms with Crippen molar-refractivity contribution in [2.75, 3.05) is 37.8 Å². The number of thiophene rings is 1. The molecule has 8 nitrogen and oxygen atoms in total. The smallest absolute Gasteiger partial charge is 0.226 e. The Morgan fingerprint density at radius 2 is 1.95 bits per heavy atom. The van der Waals surface area contributed by atoms with Crippen molar-refractivity contribution in [3.05, 3.63) is 40.7 Å². The van der Waals surface area contributed by atoms with Crippen LogP contribution in [0.5, 0.6) is 0 Å². The molecule has 2 N–H and O–H groups in total. The summed E-state index contributed by atoms with van der Waals surface area (Å²) in [7, 11) is 4.22. The Bertz CT molecular complexity index is 1660. The van der Waals surface area contributed by atoms with Crippen molar-refractivity contribution in [2.45, 2.75) is 32.1 Å². The predicted octanol–water partition coefficient (Wildman–Crippen LogP) is 4.20. The molecular weight excluding hydrogens is 496 g/mol. The molecule has 3 aliphatic rings. The van der Waals surface area contributed by atoms with Gasteiger partial charge in [-0.3, -0.25) is 4.98 Å². The number of nitrogen functional groups attached to an aromatic ring is 1. The summed E-state index contributed by atoms with van der Waals surface area (Å²) >= 11 is 0.959. The number of hydrogen-bond acceptors (Lipinski definition) is 9. The highest BCUT2D eigenvalue weighted by atomic mass is 32.1. The highest BCUT2D eigenvalue weighted by Gasteiger charge is 2.53. The lowest BCUT2D eigenvalue weighted by Gasteiger charge is -2.60. The maximum Gasteiger partial charge on any atom is 0.226 e. The Balaban J connectivity index is 1.37. The summed E-state index contributed by atoms with van der Waals surface area (Å²) in [6.07, 6.45) is 5.00. The number of nitriles is 1. The lowest BCUT2D eigenvalue weighted by molar-refractivity contribution is 0.000542. The molecular formula is C26H23F2N7OS. The number of benzene rings is 1. The van der Waals surface area contributed by atoms with E-state index in [1.165, 1.54) is 0 Å². The van der Waals surface area contributed by atoms with Crippen molar-refractivity contribution in [1.82, 2.24) is 19.9 Å². The Labute approximate surface area is 215 Å². The molecule has 3 aromatic heterocycles. The first-order valence-corrected chi connectivity index (χ1v) is 12.9. The summed E-state index contributed by atoms with van der Waals surface area (Å²) in [4.78, 5) is 17.9. The van der Waals surface area contributed by atoms with Crippen LogP contribution >= 0.6 is 11.3 Å². The standard InChI is InChI=1S/C26H23F2N7OS/c1-34(2)12-3-26(4-12)10-35(11-26)25-32-6-14-15-8-36-9-16(15)18(20(28)21(14)33-25)22-19-13(5-29)24(30)37-23(19)17(27)7-31-22/h6-7,12H,3-4,8-11,30H2,1-2H3. The topological polar surface area (TPSA) is 104 Å². The minimum Gasteiger partial charge on any atom is -0.389 e. The second-order valence-corrected chi connectivity index (χ2v) is 11.6. The number of halogens is 2. The van der Waals surface area contributed by atoms with Crippen LogP contribution in [0.15, 0.2) is 12.4 Å². The molecule has 2 aliphatic heterocycles. The third kappa shape index (κ3) is 3.13. The van der Waals surface area contributed by atoms with Gasteiger partial charge in [0.1, 0.15) is 16.6 Å². The van der Waals surface area contributed by atoms with Crippen LogP contribution in [0.1, 0.15) is 29.5 Å². The quantitative estimate of drug-likeness (QED) is 0.430. The lowest BCUT2D eigenvalue weighted by Crippen LogP contribution is -2.66. The Morgan fingerprint density at radius 3 is 2.68 bits per heavy atom. The van der Waals surface area contributed by atoms with E-state index in [0.717, 1.165) is 49.0 Å². The summed E-state index contributed by atoms with van der Waals surface area (Å²) in [5, 5.41) is 10.7. The van der Waals surface area contributed by atoms with Gasteiger partial charge < -0.3 is 20.3 Å². The van der Waals surface area contributed by atoms with E-state index in [0.29, 0.717) is 28.4 Å². The van der Waals surface area contributed by atoms with Crippen LogP contribution in [0.4, 0.5) is 19.7 Å². The second kappa shape index (κ2) is 7.77. The molecule has 2 fully saturated rings. The van der Waals surface area contributed by atoms with Gasteiger partial charge in [-0.05, 0) is 38.1 Å². The first kappa shape index (κ1) is 22.7. The fourth-order valence-corrected chi connectivity index (χ4v) is 7.08. The van der Waals surface area contributed by atoms with Crippen LogP contribution in [0.25, 0.3) is 32.2 Å². The zero-order valence-corrected chi connectivity index (χ0v) is 21.1. The molecule has 0 bridgehead atoms. The second-order valence-electron chi connectivity index (χ2n) is 10.6. The van der Waals surface area contributed by atoms with Gasteiger partial charge in [-0.25, -0.2) is 18.7 Å². The van der Waals surface area contributed by atoms with Crippen molar-refractivity contribution in [3.8, 4) is 17.3 Å². The van der Waals surface area contributed by atoms with E-state index in [1.807, 2.05) is 6.07 Å². The summed E-state index contributed by atoms with van der Waals surface area (Å²) < 4.78 is 36.9. The van der Waals surface area contributed by atoms with Crippen LogP contribution in [0.3, 0.4) is 0 Å². The monoisotopic (exact) mass is 519 g/mol. The van der Waals surface area contributed by atoms with Gasteiger partial charge in [0, 0.05) is 47.1 Å². The van der Waals surface area contributed by atoms with Crippen molar-refractivity contribution in [1.29, 1.82) is 5.26 Å². The van der Waals surface area contributed by atoms with E-state index in [4.69, 9.17) is 10.5 Å². The minimum absolute atomic E-state index is 0.0972. The van der Waals surface area contributed by atoms with E-state index in [1.54, 1.807) is 6.20 Å². The molecule has 1 saturated carbocycles. The number of fused-ring (bicyclic) bond motifs is 4. The molecule has 0 unspecified atom stereocenters. The number of rotatable bonds is 3. The van der Waals surface area contributed by atoms with Crippen LogP contribution in [-0.2, 0) is 18.0 Å². The van der Waals surface area contributed by atoms with E-state index in [-0.39, 0.29) is 50.6 Å². The van der Waals surface area contributed by atoms with Gasteiger partial charge in [0.25, 0.3) is 0 Å². The average molecular weight is 520 g/mol. The highest BCUT2D eigenvalue weighted by Crippen LogP contribution is 2.51. The molecule has 1 aromatic carbocycles. The molecule has 1 saturated heterocycles. The number of nitrogens with two attached hydrogens (primary N) is 1. The number of aromatic nitrogens is 3. The van der Waals surface area contributed by atoms with E-state index >= 15 is 4.39 Å². The number of nitrogens with zero attached hydrogens (tertiary/aromatic N) is 6. The summed E-state index contributed by atoms with van der Waals surface area (Å²) in [5.41, 5.74) is 8.32. The van der Waals surface area contributed by atoms with Crippen LogP contribution in [0.2, 0.25) is 0 Å². The summed E-state index contributed by atoms with van der Waals surface area (Å²) in [5.74, 6) is -0.691. The largest absolute Gasteiger partial charge is 0.389 e. The molecule has 11 heteroatoms. The van der Waals surface area contributed by atoms with Crippen molar-refractivity contribution in [3.63, 3.8) is 0 Å². The zero-order valence-electron chi connectivity index (χ0n) is 20.3. The van der Waals surface area contributed by atoms with Crippen molar-refractivity contribution < 1.29 is 13.5 Å². The number of anilines is 2. The average Bonchev–Trinajstić information content (AvgIpc) is 3.43. The van der Waals surface area contributed by atoms with E-state index in [2.05, 4.69) is 38.8 Å². The van der Waals surface area contributed by atoms with Crippen LogP contribution in [0, 0.1) is 28.4 Å². The minimum atomic E-state index is -0.602. The molecule has 0 amide bonds. The van der Waals surface area contributed by atoms with Gasteiger partial charge in [0.2, 0.25) is 5.95 Å². The zero-order chi connectivity index (χ0) is 25.6. The van der Waals surface area contributed by atoms with Gasteiger partial charge in [-0.2, -0.15) is 5.26 Å². The molecule has 0 atom stereocenters. The molecule has 4 aromatic rings. The fourth-order valence-electron chi connectivity index (χ4n) is 6.16. The normalized spacial score (nSPS) is 18.4. The Hall–Kier alpha value is -3.46. The van der Waals surface area contributed by atoms with Gasteiger partial charge in [-0.1, -0.05) is 0 Å². The van der Waals surface area contributed by atoms with E-state index < -0.39 is 11.6 Å². The highest BCUT2D eigenvalue weighted by molar-refractivity contribution is 7.23. The maximum atomic E-state index is 16.4. The molecule has 0 radical (unpaired) electrons. The molecule has 7 rings (SSSR count). The van der Waals surface area contributed by atoms with Gasteiger partial charge in [0.05, 0.1) is 35.4 Å². The number of hydrogen-bond donors (Lipinski definition) is 1. The van der Waals surface area contributed by atoms with Crippen molar-refractivity contribution >= 4 is 43.3 Å². The molecule has 1 spiro atoms. The Kier molecular flexibility index (Phi) is 4.77. The van der Waals surface area contributed by atoms with E-state index in [9.17, 15) is 9.65 Å². The van der Waals surface area contributed by atoms with Crippen LogP contribution < -0.4 is 10.6 Å². The third-order valence-electron chi connectivity index (χ3n) is 8.14.